The maximum Gasteiger partial charge on any atom is 0.0546 e. The maximum absolute atomic E-state index is 2.60. The Morgan fingerprint density at radius 3 is 1.30 bits per heavy atom. The molecule has 0 N–H and O–H groups in total. The van der Waals surface area contributed by atoms with Crippen LogP contribution in [-0.4, -0.2) is 0 Å². The average molecular weight is 899 g/mol. The normalized spacial score (nSPS) is 14.8. The van der Waals surface area contributed by atoms with Crippen molar-refractivity contribution in [1.82, 2.24) is 0 Å². The lowest BCUT2D eigenvalue weighted by atomic mass is 9.73. The first-order valence-corrected chi connectivity index (χ1v) is 25.1. The molecule has 2 nitrogen and oxygen atoms in total. The van der Waals surface area contributed by atoms with Crippen molar-refractivity contribution in [2.45, 2.75) is 38.5 Å². The van der Waals surface area contributed by atoms with Crippen LogP contribution in [0, 0.1) is 0 Å². The Balaban J connectivity index is 0.996. The molecule has 0 unspecified atom stereocenters. The fourth-order valence-electron chi connectivity index (χ4n) is 12.8. The van der Waals surface area contributed by atoms with Gasteiger partial charge >= 0.3 is 0 Å². The number of rotatable bonds is 2. The Morgan fingerprint density at radius 1 is 0.275 bits per heavy atom. The summed E-state index contributed by atoms with van der Waals surface area (Å²) in [5.41, 5.74) is 12.3. The Hall–Kier alpha value is -7.98. The van der Waals surface area contributed by atoms with Crippen LogP contribution in [0.4, 0.5) is 34.1 Å². The highest BCUT2D eigenvalue weighted by Crippen LogP contribution is 2.58. The molecule has 2 aliphatic rings. The molecule has 0 atom stereocenters. The third-order valence-corrected chi connectivity index (χ3v) is 17.3. The monoisotopic (exact) mass is 898 g/mol. The fraction of sp³-hybridized carbons (Fsp3) is 0.0909. The van der Waals surface area contributed by atoms with Crippen molar-refractivity contribution in [2.24, 2.45) is 0 Å². The van der Waals surface area contributed by atoms with Crippen LogP contribution in [0.5, 0.6) is 0 Å². The van der Waals surface area contributed by atoms with Crippen LogP contribution in [-0.2, 0) is 10.8 Å². The number of anilines is 6. The summed E-state index contributed by atoms with van der Waals surface area (Å²) in [5, 5.41) is 18.0. The fourth-order valence-corrected chi connectivity index (χ4v) is 14.0. The molecular weight excluding hydrogens is 853 g/mol. The molecule has 326 valence electrons. The van der Waals surface area contributed by atoms with E-state index in [1.54, 1.807) is 0 Å². The SMILES string of the molecule is CC1(C)c2ccccc2N(c2cc3c4ccccc4c(N4c5ccccc5C(C)(C)c5cc6c(cc54)sc4ccc5c7ccc8ccccc8c7ccc5c46)cc3c3ccccc23)c2ccccc21. The summed E-state index contributed by atoms with van der Waals surface area (Å²) in [6.45, 7) is 9.57. The van der Waals surface area contributed by atoms with E-state index in [9.17, 15) is 0 Å². The Labute approximate surface area is 404 Å². The van der Waals surface area contributed by atoms with Gasteiger partial charge in [-0.15, -0.1) is 11.3 Å². The zero-order valence-electron chi connectivity index (χ0n) is 38.9. The quantitative estimate of drug-likeness (QED) is 0.160. The predicted octanol–water partition coefficient (Wildman–Crippen LogP) is 19.2. The van der Waals surface area contributed by atoms with Gasteiger partial charge in [0.2, 0.25) is 0 Å². The number of benzene rings is 12. The molecular formula is C66H46N2S. The molecule has 0 spiro atoms. The summed E-state index contributed by atoms with van der Waals surface area (Å²) in [4.78, 5) is 5.13. The third kappa shape index (κ3) is 5.21. The molecule has 12 aromatic carbocycles. The van der Waals surface area contributed by atoms with Crippen LogP contribution in [0.2, 0.25) is 0 Å². The van der Waals surface area contributed by atoms with E-state index >= 15 is 0 Å². The summed E-state index contributed by atoms with van der Waals surface area (Å²) < 4.78 is 2.63. The number of fused-ring (bicyclic) bond motifs is 18. The Bertz CT molecular complexity index is 4350. The molecule has 0 amide bonds. The van der Waals surface area contributed by atoms with E-state index < -0.39 is 0 Å². The predicted molar refractivity (Wildman–Crippen MR) is 298 cm³/mol. The van der Waals surface area contributed by atoms with E-state index in [4.69, 9.17) is 0 Å². The van der Waals surface area contributed by atoms with Gasteiger partial charge in [-0.1, -0.05) is 185 Å². The minimum absolute atomic E-state index is 0.145. The van der Waals surface area contributed by atoms with Gasteiger partial charge in [0.05, 0.1) is 34.1 Å². The van der Waals surface area contributed by atoms with Gasteiger partial charge in [-0.3, -0.25) is 0 Å². The zero-order chi connectivity index (χ0) is 45.9. The molecule has 3 heteroatoms. The highest BCUT2D eigenvalue weighted by molar-refractivity contribution is 7.26. The number of para-hydroxylation sites is 3. The van der Waals surface area contributed by atoms with E-state index in [0.29, 0.717) is 0 Å². The molecule has 13 aromatic rings. The van der Waals surface area contributed by atoms with E-state index in [1.807, 2.05) is 11.3 Å². The lowest BCUT2D eigenvalue weighted by Crippen LogP contribution is -2.30. The molecule has 15 rings (SSSR count). The number of hydrogen-bond donors (Lipinski definition) is 0. The lowest BCUT2D eigenvalue weighted by Gasteiger charge is -2.43. The molecule has 1 aromatic heterocycles. The Morgan fingerprint density at radius 2 is 0.696 bits per heavy atom. The second-order valence-electron chi connectivity index (χ2n) is 20.4. The minimum atomic E-state index is -0.259. The molecule has 0 saturated heterocycles. The molecule has 3 heterocycles. The van der Waals surface area contributed by atoms with Crippen LogP contribution >= 0.6 is 11.3 Å². The Kier molecular flexibility index (Phi) is 7.82. The standard InChI is InChI=1S/C66H46N2S/c1-65(2)52-23-11-14-26-56(52)67(57-27-15-12-24-53(57)65)59-36-49-42-20-8-10-22-47(42)60(37-50(49)41-19-7-9-21-46(41)59)68-58-28-16-13-25-54(58)66(3,4)55-35-51-63(38-61(55)68)69-62-34-33-45-44-30-29-39-17-5-6-18-40(39)43(44)31-32-48(45)64(51)62/h5-38H,1-4H3. The summed E-state index contributed by atoms with van der Waals surface area (Å²) in [6, 6.07) is 78.2. The van der Waals surface area contributed by atoms with Crippen LogP contribution in [0.15, 0.2) is 206 Å². The second kappa shape index (κ2) is 13.8. The van der Waals surface area contributed by atoms with Crippen molar-refractivity contribution in [3.63, 3.8) is 0 Å². The van der Waals surface area contributed by atoms with Gasteiger partial charge in [0.25, 0.3) is 0 Å². The summed E-state index contributed by atoms with van der Waals surface area (Å²) in [7, 11) is 0. The van der Waals surface area contributed by atoms with Crippen molar-refractivity contribution in [1.29, 1.82) is 0 Å². The van der Waals surface area contributed by atoms with Crippen molar-refractivity contribution < 1.29 is 0 Å². The third-order valence-electron chi connectivity index (χ3n) is 16.2. The lowest BCUT2D eigenvalue weighted by molar-refractivity contribution is 0.632. The van der Waals surface area contributed by atoms with Gasteiger partial charge < -0.3 is 9.80 Å². The molecule has 69 heavy (non-hydrogen) atoms. The van der Waals surface area contributed by atoms with Gasteiger partial charge in [0.15, 0.2) is 0 Å². The van der Waals surface area contributed by atoms with Crippen molar-refractivity contribution >= 4 is 130 Å². The van der Waals surface area contributed by atoms with Gasteiger partial charge in [-0.25, -0.2) is 0 Å². The van der Waals surface area contributed by atoms with E-state index in [1.165, 1.54) is 141 Å². The van der Waals surface area contributed by atoms with Crippen molar-refractivity contribution in [2.75, 3.05) is 9.80 Å². The smallest absolute Gasteiger partial charge is 0.0546 e. The zero-order valence-corrected chi connectivity index (χ0v) is 39.7. The molecule has 0 saturated carbocycles. The summed E-state index contributed by atoms with van der Waals surface area (Å²) >= 11 is 1.92. The van der Waals surface area contributed by atoms with Crippen molar-refractivity contribution in [3.8, 4) is 0 Å². The summed E-state index contributed by atoms with van der Waals surface area (Å²) in [6.07, 6.45) is 0. The first-order valence-electron chi connectivity index (χ1n) is 24.3. The van der Waals surface area contributed by atoms with Crippen LogP contribution < -0.4 is 9.80 Å². The number of thiophene rings is 1. The average Bonchev–Trinajstić information content (AvgIpc) is 3.76. The molecule has 2 aliphatic heterocycles. The van der Waals surface area contributed by atoms with Gasteiger partial charge in [-0.05, 0) is 125 Å². The minimum Gasteiger partial charge on any atom is -0.309 e. The van der Waals surface area contributed by atoms with Crippen LogP contribution in [0.1, 0.15) is 49.9 Å². The summed E-state index contributed by atoms with van der Waals surface area (Å²) in [5.74, 6) is 0. The van der Waals surface area contributed by atoms with Crippen LogP contribution in [0.3, 0.4) is 0 Å². The first kappa shape index (κ1) is 39.1. The van der Waals surface area contributed by atoms with Gasteiger partial charge in [0, 0.05) is 41.8 Å². The van der Waals surface area contributed by atoms with E-state index in [2.05, 4.69) is 244 Å². The van der Waals surface area contributed by atoms with Gasteiger partial charge in [-0.2, -0.15) is 0 Å². The number of hydrogen-bond acceptors (Lipinski definition) is 3. The van der Waals surface area contributed by atoms with Gasteiger partial charge in [0.1, 0.15) is 0 Å². The first-order chi connectivity index (χ1) is 33.8. The molecule has 0 radical (unpaired) electrons. The van der Waals surface area contributed by atoms with E-state index in [0.717, 1.165) is 0 Å². The maximum atomic E-state index is 2.60. The number of nitrogens with zero attached hydrogens (tertiary/aromatic N) is 2. The van der Waals surface area contributed by atoms with Crippen LogP contribution in [0.25, 0.3) is 84.8 Å². The highest BCUT2D eigenvalue weighted by Gasteiger charge is 2.40. The largest absolute Gasteiger partial charge is 0.309 e. The molecule has 0 aliphatic carbocycles. The second-order valence-corrected chi connectivity index (χ2v) is 21.5. The van der Waals surface area contributed by atoms with Crippen molar-refractivity contribution in [3.05, 3.63) is 229 Å². The topological polar surface area (TPSA) is 6.48 Å². The molecule has 0 fully saturated rings. The van der Waals surface area contributed by atoms with E-state index in [-0.39, 0.29) is 10.8 Å². The molecule has 0 bridgehead atoms. The highest BCUT2D eigenvalue weighted by atomic mass is 32.1.